The summed E-state index contributed by atoms with van der Waals surface area (Å²) in [4.78, 5) is 14.0. The minimum atomic E-state index is -0.308. The molecule has 1 aliphatic heterocycles. The third-order valence-electron chi connectivity index (χ3n) is 2.89. The molecule has 0 radical (unpaired) electrons. The summed E-state index contributed by atoms with van der Waals surface area (Å²) in [6.45, 7) is 2.75. The molecule has 0 aliphatic carbocycles. The second-order valence-corrected chi connectivity index (χ2v) is 4.91. The third kappa shape index (κ3) is 3.02. The molecule has 0 saturated carbocycles. The first-order valence-corrected chi connectivity index (χ1v) is 6.29. The Morgan fingerprint density at radius 2 is 2.33 bits per heavy atom. The molecule has 1 aromatic carbocycles. The lowest BCUT2D eigenvalue weighted by atomic mass is 10.1. The van der Waals surface area contributed by atoms with Crippen LogP contribution in [0, 0.1) is 0 Å². The smallest absolute Gasteiger partial charge is 0.254 e. The zero-order valence-corrected chi connectivity index (χ0v) is 10.9. The van der Waals surface area contributed by atoms with E-state index in [0.717, 1.165) is 0 Å². The Labute approximate surface area is 111 Å². The molecule has 1 saturated heterocycles. The predicted octanol–water partition coefficient (Wildman–Crippen LogP) is 1.56. The molecular formula is C13H16ClNO3. The van der Waals surface area contributed by atoms with Crippen LogP contribution in [-0.2, 0) is 4.74 Å². The highest BCUT2D eigenvalue weighted by Crippen LogP contribution is 2.17. The van der Waals surface area contributed by atoms with Crippen LogP contribution in [0.4, 0.5) is 0 Å². The van der Waals surface area contributed by atoms with Crippen molar-refractivity contribution in [1.82, 2.24) is 4.90 Å². The summed E-state index contributed by atoms with van der Waals surface area (Å²) in [5.41, 5.74) is 0.563. The molecule has 1 amide bonds. The van der Waals surface area contributed by atoms with Gasteiger partial charge in [-0.25, -0.2) is 0 Å². The van der Waals surface area contributed by atoms with Gasteiger partial charge < -0.3 is 14.7 Å². The lowest BCUT2D eigenvalue weighted by Gasteiger charge is -2.36. The zero-order valence-electron chi connectivity index (χ0n) is 10.2. The zero-order chi connectivity index (χ0) is 13.1. The van der Waals surface area contributed by atoms with Gasteiger partial charge in [0.15, 0.2) is 0 Å². The molecule has 1 N–H and O–H groups in total. The van der Waals surface area contributed by atoms with Crippen molar-refractivity contribution in [2.75, 3.05) is 19.7 Å². The fraction of sp³-hybridized carbons (Fsp3) is 0.462. The maximum Gasteiger partial charge on any atom is 0.254 e. The molecule has 2 atom stereocenters. The van der Waals surface area contributed by atoms with E-state index in [0.29, 0.717) is 23.7 Å². The number of amides is 1. The van der Waals surface area contributed by atoms with Gasteiger partial charge in [-0.2, -0.15) is 0 Å². The molecule has 0 spiro atoms. The normalized spacial score (nSPS) is 24.1. The highest BCUT2D eigenvalue weighted by molar-refractivity contribution is 6.30. The van der Waals surface area contributed by atoms with E-state index < -0.39 is 0 Å². The van der Waals surface area contributed by atoms with E-state index in [1.807, 2.05) is 6.92 Å². The Hall–Kier alpha value is -1.10. The minimum Gasteiger partial charge on any atom is -0.394 e. The van der Waals surface area contributed by atoms with E-state index in [2.05, 4.69) is 0 Å². The van der Waals surface area contributed by atoms with E-state index in [-0.39, 0.29) is 24.7 Å². The van der Waals surface area contributed by atoms with Crippen LogP contribution < -0.4 is 0 Å². The SMILES string of the molecule is CC1CN(C(=O)c2cccc(Cl)c2)CC(CO)O1. The summed E-state index contributed by atoms with van der Waals surface area (Å²) in [5, 5.41) is 9.68. The Balaban J connectivity index is 2.13. The molecule has 1 fully saturated rings. The predicted molar refractivity (Wildman–Crippen MR) is 68.8 cm³/mol. The Kier molecular flexibility index (Phi) is 4.22. The van der Waals surface area contributed by atoms with E-state index in [9.17, 15) is 4.79 Å². The molecule has 0 bridgehead atoms. The summed E-state index contributed by atoms with van der Waals surface area (Å²) in [7, 11) is 0. The van der Waals surface area contributed by atoms with Gasteiger partial charge >= 0.3 is 0 Å². The summed E-state index contributed by atoms with van der Waals surface area (Å²) in [6, 6.07) is 6.88. The molecule has 2 unspecified atom stereocenters. The molecule has 1 aliphatic rings. The Morgan fingerprint density at radius 1 is 1.56 bits per heavy atom. The number of aliphatic hydroxyl groups is 1. The number of carbonyl (C=O) groups excluding carboxylic acids is 1. The van der Waals surface area contributed by atoms with Crippen LogP contribution in [0.15, 0.2) is 24.3 Å². The molecule has 18 heavy (non-hydrogen) atoms. The molecule has 1 heterocycles. The van der Waals surface area contributed by atoms with Gasteiger partial charge in [-0.3, -0.25) is 4.79 Å². The van der Waals surface area contributed by atoms with Gasteiger partial charge in [0.1, 0.15) is 0 Å². The average Bonchev–Trinajstić information content (AvgIpc) is 2.37. The number of carbonyl (C=O) groups is 1. The third-order valence-corrected chi connectivity index (χ3v) is 3.12. The average molecular weight is 270 g/mol. The Morgan fingerprint density at radius 3 is 3.00 bits per heavy atom. The summed E-state index contributed by atoms with van der Waals surface area (Å²) < 4.78 is 5.51. The van der Waals surface area contributed by atoms with Gasteiger partial charge in [0.2, 0.25) is 0 Å². The van der Waals surface area contributed by atoms with Crippen LogP contribution in [0.2, 0.25) is 5.02 Å². The van der Waals surface area contributed by atoms with E-state index in [1.165, 1.54) is 0 Å². The number of rotatable bonds is 2. The number of ether oxygens (including phenoxy) is 1. The number of hydrogen-bond acceptors (Lipinski definition) is 3. The first kappa shape index (κ1) is 13.3. The number of nitrogens with zero attached hydrogens (tertiary/aromatic N) is 1. The monoisotopic (exact) mass is 269 g/mol. The molecular weight excluding hydrogens is 254 g/mol. The van der Waals surface area contributed by atoms with Crippen molar-refractivity contribution in [3.8, 4) is 0 Å². The van der Waals surface area contributed by atoms with Gasteiger partial charge in [0, 0.05) is 23.7 Å². The second kappa shape index (κ2) is 5.69. The lowest BCUT2D eigenvalue weighted by Crippen LogP contribution is -2.50. The summed E-state index contributed by atoms with van der Waals surface area (Å²) >= 11 is 5.88. The highest BCUT2D eigenvalue weighted by Gasteiger charge is 2.28. The molecule has 98 valence electrons. The highest BCUT2D eigenvalue weighted by atomic mass is 35.5. The number of benzene rings is 1. The fourth-order valence-electron chi connectivity index (χ4n) is 2.12. The fourth-order valence-corrected chi connectivity index (χ4v) is 2.31. The van der Waals surface area contributed by atoms with Gasteiger partial charge in [-0.15, -0.1) is 0 Å². The molecule has 4 nitrogen and oxygen atoms in total. The minimum absolute atomic E-state index is 0.0703. The summed E-state index contributed by atoms with van der Waals surface area (Å²) in [5.74, 6) is -0.0777. The second-order valence-electron chi connectivity index (χ2n) is 4.47. The molecule has 0 aromatic heterocycles. The lowest BCUT2D eigenvalue weighted by molar-refractivity contribution is -0.0858. The van der Waals surface area contributed by atoms with Crippen LogP contribution in [0.5, 0.6) is 0 Å². The number of hydrogen-bond donors (Lipinski definition) is 1. The maximum absolute atomic E-state index is 12.3. The van der Waals surface area contributed by atoms with Gasteiger partial charge in [0.05, 0.1) is 18.8 Å². The van der Waals surface area contributed by atoms with Crippen molar-refractivity contribution in [3.63, 3.8) is 0 Å². The summed E-state index contributed by atoms with van der Waals surface area (Å²) in [6.07, 6.45) is -0.379. The van der Waals surface area contributed by atoms with Crippen LogP contribution in [0.1, 0.15) is 17.3 Å². The number of morpholine rings is 1. The number of aliphatic hydroxyl groups excluding tert-OH is 1. The van der Waals surface area contributed by atoms with Gasteiger partial charge in [-0.1, -0.05) is 17.7 Å². The topological polar surface area (TPSA) is 49.8 Å². The van der Waals surface area contributed by atoms with Crippen molar-refractivity contribution in [3.05, 3.63) is 34.9 Å². The maximum atomic E-state index is 12.3. The molecule has 2 rings (SSSR count). The first-order chi connectivity index (χ1) is 8.60. The molecule has 5 heteroatoms. The number of halogens is 1. The van der Waals surface area contributed by atoms with Crippen molar-refractivity contribution in [1.29, 1.82) is 0 Å². The molecule has 1 aromatic rings. The van der Waals surface area contributed by atoms with Gasteiger partial charge in [0.25, 0.3) is 5.91 Å². The van der Waals surface area contributed by atoms with Gasteiger partial charge in [-0.05, 0) is 25.1 Å². The van der Waals surface area contributed by atoms with Crippen molar-refractivity contribution >= 4 is 17.5 Å². The Bertz CT molecular complexity index is 438. The van der Waals surface area contributed by atoms with Crippen LogP contribution >= 0.6 is 11.6 Å². The van der Waals surface area contributed by atoms with Crippen LogP contribution in [0.3, 0.4) is 0 Å². The van der Waals surface area contributed by atoms with Crippen molar-refractivity contribution < 1.29 is 14.6 Å². The van der Waals surface area contributed by atoms with Crippen molar-refractivity contribution in [2.24, 2.45) is 0 Å². The quantitative estimate of drug-likeness (QED) is 0.887. The van der Waals surface area contributed by atoms with Crippen molar-refractivity contribution in [2.45, 2.75) is 19.1 Å². The van der Waals surface area contributed by atoms with E-state index >= 15 is 0 Å². The van der Waals surface area contributed by atoms with E-state index in [1.54, 1.807) is 29.2 Å². The van der Waals surface area contributed by atoms with E-state index in [4.69, 9.17) is 21.4 Å². The first-order valence-electron chi connectivity index (χ1n) is 5.91. The standard InChI is InChI=1S/C13H16ClNO3/c1-9-6-15(7-12(8-16)18-9)13(17)10-3-2-4-11(14)5-10/h2-5,9,12,16H,6-8H2,1H3. The largest absolute Gasteiger partial charge is 0.394 e. The van der Waals surface area contributed by atoms with Crippen LogP contribution in [0.25, 0.3) is 0 Å². The van der Waals surface area contributed by atoms with Crippen LogP contribution in [-0.4, -0.2) is 47.8 Å².